The molecule has 1 aromatic heterocycles. The highest BCUT2D eigenvalue weighted by atomic mass is 19.1. The molecular weight excluding hydrogens is 307 g/mol. The van der Waals surface area contributed by atoms with Crippen LogP contribution in [0.25, 0.3) is 0 Å². The van der Waals surface area contributed by atoms with Crippen LogP contribution in [0.15, 0.2) is 60.8 Å². The SMILES string of the molecule is Cc1cccc(NC(=O)c2ccnc(Nc3ccccc3F)n2)c1. The second-order valence-electron chi connectivity index (χ2n) is 5.19. The second kappa shape index (κ2) is 6.87. The topological polar surface area (TPSA) is 66.9 Å². The largest absolute Gasteiger partial charge is 0.322 e. The number of halogens is 1. The van der Waals surface area contributed by atoms with E-state index < -0.39 is 5.82 Å². The van der Waals surface area contributed by atoms with Crippen LogP contribution in [0.5, 0.6) is 0 Å². The van der Waals surface area contributed by atoms with Crippen LogP contribution in [0.4, 0.5) is 21.7 Å². The third-order valence-corrected chi connectivity index (χ3v) is 3.28. The fourth-order valence-electron chi connectivity index (χ4n) is 2.15. The molecule has 0 bridgehead atoms. The zero-order chi connectivity index (χ0) is 16.9. The van der Waals surface area contributed by atoms with Gasteiger partial charge in [-0.1, -0.05) is 24.3 Å². The van der Waals surface area contributed by atoms with Gasteiger partial charge in [-0.05, 0) is 42.8 Å². The molecule has 0 radical (unpaired) electrons. The first kappa shape index (κ1) is 15.6. The zero-order valence-corrected chi connectivity index (χ0v) is 13.0. The molecule has 0 saturated heterocycles. The van der Waals surface area contributed by atoms with E-state index in [1.807, 2.05) is 25.1 Å². The number of nitrogens with zero attached hydrogens (tertiary/aromatic N) is 2. The highest BCUT2D eigenvalue weighted by molar-refractivity contribution is 6.03. The molecule has 24 heavy (non-hydrogen) atoms. The fourth-order valence-corrected chi connectivity index (χ4v) is 2.15. The minimum absolute atomic E-state index is 0.150. The molecule has 0 aliphatic carbocycles. The van der Waals surface area contributed by atoms with Gasteiger partial charge >= 0.3 is 0 Å². The van der Waals surface area contributed by atoms with E-state index in [0.29, 0.717) is 5.69 Å². The number of aromatic nitrogens is 2. The van der Waals surface area contributed by atoms with Crippen LogP contribution in [-0.2, 0) is 0 Å². The number of aryl methyl sites for hydroxylation is 1. The molecule has 6 heteroatoms. The van der Waals surface area contributed by atoms with Gasteiger partial charge < -0.3 is 10.6 Å². The zero-order valence-electron chi connectivity index (χ0n) is 13.0. The predicted molar refractivity (Wildman–Crippen MR) is 90.8 cm³/mol. The van der Waals surface area contributed by atoms with E-state index >= 15 is 0 Å². The number of para-hydroxylation sites is 1. The molecule has 2 aromatic carbocycles. The summed E-state index contributed by atoms with van der Waals surface area (Å²) in [6.45, 7) is 1.94. The maximum absolute atomic E-state index is 13.7. The van der Waals surface area contributed by atoms with Crippen molar-refractivity contribution in [3.63, 3.8) is 0 Å². The van der Waals surface area contributed by atoms with Gasteiger partial charge in [0.15, 0.2) is 0 Å². The van der Waals surface area contributed by atoms with Crippen molar-refractivity contribution in [1.29, 1.82) is 0 Å². The molecule has 0 saturated carbocycles. The minimum Gasteiger partial charge on any atom is -0.322 e. The summed E-state index contributed by atoms with van der Waals surface area (Å²) in [6, 6.07) is 15.1. The van der Waals surface area contributed by atoms with Gasteiger partial charge in [0.2, 0.25) is 5.95 Å². The van der Waals surface area contributed by atoms with Gasteiger partial charge in [-0.3, -0.25) is 4.79 Å². The summed E-state index contributed by atoms with van der Waals surface area (Å²) in [7, 11) is 0. The Hall–Kier alpha value is -3.28. The lowest BCUT2D eigenvalue weighted by Crippen LogP contribution is -2.15. The standard InChI is InChI=1S/C18H15FN4O/c1-12-5-4-6-13(11-12)21-17(24)16-9-10-20-18(23-16)22-15-8-3-2-7-14(15)19/h2-11H,1H3,(H,21,24)(H,20,22,23). The third kappa shape index (κ3) is 3.73. The number of rotatable bonds is 4. The molecule has 0 fully saturated rings. The van der Waals surface area contributed by atoms with Crippen molar-refractivity contribution in [1.82, 2.24) is 9.97 Å². The molecule has 1 amide bonds. The maximum atomic E-state index is 13.7. The van der Waals surface area contributed by atoms with E-state index in [1.54, 1.807) is 24.3 Å². The van der Waals surface area contributed by atoms with Crippen molar-refractivity contribution in [2.75, 3.05) is 10.6 Å². The number of amides is 1. The molecule has 0 atom stereocenters. The molecule has 3 aromatic rings. The van der Waals surface area contributed by atoms with E-state index in [-0.39, 0.29) is 23.2 Å². The second-order valence-corrected chi connectivity index (χ2v) is 5.19. The van der Waals surface area contributed by atoms with Crippen LogP contribution in [0.2, 0.25) is 0 Å². The van der Waals surface area contributed by atoms with Crippen molar-refractivity contribution in [3.8, 4) is 0 Å². The lowest BCUT2D eigenvalue weighted by molar-refractivity contribution is 0.102. The molecule has 0 aliphatic heterocycles. The van der Waals surface area contributed by atoms with Crippen LogP contribution >= 0.6 is 0 Å². The van der Waals surface area contributed by atoms with Crippen molar-refractivity contribution < 1.29 is 9.18 Å². The number of nitrogens with one attached hydrogen (secondary N) is 2. The van der Waals surface area contributed by atoms with Gasteiger partial charge in [-0.2, -0.15) is 0 Å². The highest BCUT2D eigenvalue weighted by Crippen LogP contribution is 2.17. The number of carbonyl (C=O) groups is 1. The van der Waals surface area contributed by atoms with Gasteiger partial charge in [-0.15, -0.1) is 0 Å². The molecule has 0 spiro atoms. The van der Waals surface area contributed by atoms with E-state index in [9.17, 15) is 9.18 Å². The highest BCUT2D eigenvalue weighted by Gasteiger charge is 2.10. The van der Waals surface area contributed by atoms with Crippen molar-refractivity contribution in [2.45, 2.75) is 6.92 Å². The monoisotopic (exact) mass is 322 g/mol. The Morgan fingerprint density at radius 3 is 2.71 bits per heavy atom. The van der Waals surface area contributed by atoms with Crippen LogP contribution in [-0.4, -0.2) is 15.9 Å². The van der Waals surface area contributed by atoms with Gasteiger partial charge in [0.05, 0.1) is 5.69 Å². The summed E-state index contributed by atoms with van der Waals surface area (Å²) >= 11 is 0. The minimum atomic E-state index is -0.421. The summed E-state index contributed by atoms with van der Waals surface area (Å²) < 4.78 is 13.7. The number of carbonyl (C=O) groups excluding carboxylic acids is 1. The molecule has 2 N–H and O–H groups in total. The van der Waals surface area contributed by atoms with E-state index in [4.69, 9.17) is 0 Å². The average Bonchev–Trinajstić information content (AvgIpc) is 2.57. The number of hydrogen-bond acceptors (Lipinski definition) is 4. The number of benzene rings is 2. The summed E-state index contributed by atoms with van der Waals surface area (Å²) in [6.07, 6.45) is 1.45. The Balaban J connectivity index is 1.77. The van der Waals surface area contributed by atoms with Gasteiger partial charge in [0.25, 0.3) is 5.91 Å². The van der Waals surface area contributed by atoms with Crippen LogP contribution < -0.4 is 10.6 Å². The van der Waals surface area contributed by atoms with Gasteiger partial charge in [0, 0.05) is 11.9 Å². The van der Waals surface area contributed by atoms with Crippen molar-refractivity contribution in [3.05, 3.63) is 77.9 Å². The summed E-state index contributed by atoms with van der Waals surface area (Å²) in [5.41, 5.74) is 2.15. The average molecular weight is 322 g/mol. The van der Waals surface area contributed by atoms with Crippen LogP contribution in [0.1, 0.15) is 16.1 Å². The molecule has 0 aliphatic rings. The third-order valence-electron chi connectivity index (χ3n) is 3.28. The Kier molecular flexibility index (Phi) is 4.47. The molecule has 5 nitrogen and oxygen atoms in total. The molecule has 1 heterocycles. The molecule has 120 valence electrons. The van der Waals surface area contributed by atoms with Gasteiger partial charge in [0.1, 0.15) is 11.5 Å². The van der Waals surface area contributed by atoms with Gasteiger partial charge in [-0.25, -0.2) is 14.4 Å². The van der Waals surface area contributed by atoms with Crippen molar-refractivity contribution in [2.24, 2.45) is 0 Å². The fraction of sp³-hybridized carbons (Fsp3) is 0.0556. The Labute approximate surface area is 138 Å². The van der Waals surface area contributed by atoms with E-state index in [2.05, 4.69) is 20.6 Å². The maximum Gasteiger partial charge on any atom is 0.274 e. The Bertz CT molecular complexity index is 882. The lowest BCUT2D eigenvalue weighted by Gasteiger charge is -2.08. The quantitative estimate of drug-likeness (QED) is 0.764. The lowest BCUT2D eigenvalue weighted by atomic mass is 10.2. The number of anilines is 3. The summed E-state index contributed by atoms with van der Waals surface area (Å²) in [5, 5.41) is 5.53. The number of hydrogen-bond donors (Lipinski definition) is 2. The first-order valence-electron chi connectivity index (χ1n) is 7.34. The normalized spacial score (nSPS) is 10.2. The predicted octanol–water partition coefficient (Wildman–Crippen LogP) is 3.92. The Morgan fingerprint density at radius 2 is 1.92 bits per heavy atom. The van der Waals surface area contributed by atoms with Crippen LogP contribution in [0, 0.1) is 12.7 Å². The van der Waals surface area contributed by atoms with E-state index in [1.165, 1.54) is 18.3 Å². The first-order chi connectivity index (χ1) is 11.6. The molecule has 0 unspecified atom stereocenters. The van der Waals surface area contributed by atoms with Crippen LogP contribution in [0.3, 0.4) is 0 Å². The smallest absolute Gasteiger partial charge is 0.274 e. The first-order valence-corrected chi connectivity index (χ1v) is 7.34. The summed E-state index contributed by atoms with van der Waals surface area (Å²) in [4.78, 5) is 20.4. The van der Waals surface area contributed by atoms with E-state index in [0.717, 1.165) is 5.56 Å². The van der Waals surface area contributed by atoms with Crippen molar-refractivity contribution >= 4 is 23.2 Å². The molecule has 3 rings (SSSR count). The summed E-state index contributed by atoms with van der Waals surface area (Å²) in [5.74, 6) is -0.632. The Morgan fingerprint density at radius 1 is 1.08 bits per heavy atom. The molecular formula is C18H15FN4O.